The molecule has 3 N–H and O–H groups in total. The SMILES string of the molecule is Nc1ncc(-c2ccc(C3CN(CC(F)(F)F)CCO3)cc2)cc1-c1ccc2c(c1)CCNC2=O. The Morgan fingerprint density at radius 1 is 1.06 bits per heavy atom. The molecule has 3 heterocycles. The number of nitrogens with two attached hydrogens (primary N) is 1. The fourth-order valence-electron chi connectivity index (χ4n) is 4.65. The van der Waals surface area contributed by atoms with E-state index < -0.39 is 18.8 Å². The van der Waals surface area contributed by atoms with Crippen LogP contribution in [0.25, 0.3) is 22.3 Å². The molecule has 2 aliphatic rings. The van der Waals surface area contributed by atoms with Gasteiger partial charge in [0, 0.05) is 42.5 Å². The highest BCUT2D eigenvalue weighted by Crippen LogP contribution is 2.33. The highest BCUT2D eigenvalue weighted by atomic mass is 19.4. The molecule has 0 saturated carbocycles. The lowest BCUT2D eigenvalue weighted by Gasteiger charge is -2.33. The van der Waals surface area contributed by atoms with Crippen molar-refractivity contribution in [2.24, 2.45) is 0 Å². The summed E-state index contributed by atoms with van der Waals surface area (Å²) in [4.78, 5) is 17.8. The second kappa shape index (κ2) is 9.31. The summed E-state index contributed by atoms with van der Waals surface area (Å²) in [6, 6.07) is 15.2. The van der Waals surface area contributed by atoms with Crippen LogP contribution in [0.15, 0.2) is 54.7 Å². The molecule has 2 aromatic carbocycles. The summed E-state index contributed by atoms with van der Waals surface area (Å²) in [6.07, 6.45) is -2.18. The molecule has 35 heavy (non-hydrogen) atoms. The number of rotatable bonds is 4. The molecule has 1 amide bonds. The number of amides is 1. The monoisotopic (exact) mass is 482 g/mol. The van der Waals surface area contributed by atoms with Gasteiger partial charge in [0.1, 0.15) is 5.82 Å². The number of halogens is 3. The predicted octanol–water partition coefficient (Wildman–Crippen LogP) is 4.22. The van der Waals surface area contributed by atoms with Crippen LogP contribution in [-0.4, -0.2) is 54.8 Å². The standard InChI is InChI=1S/C26H25F3N4O2/c27-26(28,29)15-33-9-10-35-23(14-33)17-3-1-16(2-4-17)20-12-22(24(30)32-13-20)18-5-6-21-19(11-18)7-8-31-25(21)34/h1-6,11-13,23H,7-10,14-15H2,(H2,30,32)(H,31,34). The van der Waals surface area contributed by atoms with Gasteiger partial charge in [0.15, 0.2) is 0 Å². The van der Waals surface area contributed by atoms with Crippen molar-refractivity contribution >= 4 is 11.7 Å². The Kier molecular flexibility index (Phi) is 6.21. The molecule has 0 radical (unpaired) electrons. The second-order valence-electron chi connectivity index (χ2n) is 8.87. The van der Waals surface area contributed by atoms with Crippen LogP contribution >= 0.6 is 0 Å². The second-order valence-corrected chi connectivity index (χ2v) is 8.87. The molecule has 1 aromatic heterocycles. The van der Waals surface area contributed by atoms with E-state index in [0.29, 0.717) is 17.9 Å². The van der Waals surface area contributed by atoms with E-state index in [1.807, 2.05) is 48.5 Å². The number of ether oxygens (including phenoxy) is 1. The lowest BCUT2D eigenvalue weighted by molar-refractivity contribution is -0.159. The van der Waals surface area contributed by atoms with Crippen molar-refractivity contribution in [3.05, 3.63) is 71.4 Å². The van der Waals surface area contributed by atoms with Crippen LogP contribution in [-0.2, 0) is 11.2 Å². The molecular weight excluding hydrogens is 457 g/mol. The zero-order valence-corrected chi connectivity index (χ0v) is 18.9. The maximum atomic E-state index is 12.8. The molecule has 5 rings (SSSR count). The smallest absolute Gasteiger partial charge is 0.383 e. The van der Waals surface area contributed by atoms with Crippen LogP contribution in [0.1, 0.15) is 27.6 Å². The van der Waals surface area contributed by atoms with Gasteiger partial charge in [0.2, 0.25) is 0 Å². The number of carbonyl (C=O) groups is 1. The van der Waals surface area contributed by atoms with Crippen LogP contribution in [0.4, 0.5) is 19.0 Å². The van der Waals surface area contributed by atoms with Crippen molar-refractivity contribution in [2.75, 3.05) is 38.5 Å². The predicted molar refractivity (Wildman–Crippen MR) is 127 cm³/mol. The largest absolute Gasteiger partial charge is 0.401 e. The number of hydrogen-bond donors (Lipinski definition) is 2. The highest BCUT2D eigenvalue weighted by molar-refractivity contribution is 5.97. The zero-order valence-electron chi connectivity index (χ0n) is 18.9. The Morgan fingerprint density at radius 3 is 2.60 bits per heavy atom. The first kappa shape index (κ1) is 23.3. The third-order valence-electron chi connectivity index (χ3n) is 6.43. The summed E-state index contributed by atoms with van der Waals surface area (Å²) in [7, 11) is 0. The number of aromatic nitrogens is 1. The Labute approximate surface area is 200 Å². The lowest BCUT2D eigenvalue weighted by atomic mass is 9.94. The highest BCUT2D eigenvalue weighted by Gasteiger charge is 2.33. The van der Waals surface area contributed by atoms with Gasteiger partial charge >= 0.3 is 6.18 Å². The van der Waals surface area contributed by atoms with Crippen LogP contribution < -0.4 is 11.1 Å². The topological polar surface area (TPSA) is 80.5 Å². The van der Waals surface area contributed by atoms with Gasteiger partial charge in [0.05, 0.1) is 19.3 Å². The van der Waals surface area contributed by atoms with Crippen molar-refractivity contribution in [3.8, 4) is 22.3 Å². The third kappa shape index (κ3) is 5.16. The quantitative estimate of drug-likeness (QED) is 0.582. The number of anilines is 1. The number of fused-ring (bicyclic) bond motifs is 1. The molecule has 182 valence electrons. The molecule has 0 bridgehead atoms. The number of morpholine rings is 1. The number of nitrogens with one attached hydrogen (secondary N) is 1. The normalized spacial score (nSPS) is 18.7. The summed E-state index contributed by atoms with van der Waals surface area (Å²) in [6.45, 7) is 0.395. The molecule has 1 atom stereocenters. The Balaban J connectivity index is 1.37. The van der Waals surface area contributed by atoms with Crippen molar-refractivity contribution < 1.29 is 22.7 Å². The van der Waals surface area contributed by atoms with Crippen LogP contribution in [0.5, 0.6) is 0 Å². The van der Waals surface area contributed by atoms with Crippen LogP contribution in [0.2, 0.25) is 0 Å². The molecule has 1 saturated heterocycles. The van der Waals surface area contributed by atoms with Gasteiger partial charge in [-0.25, -0.2) is 4.98 Å². The number of alkyl halides is 3. The first-order chi connectivity index (χ1) is 16.8. The average Bonchev–Trinajstić information content (AvgIpc) is 2.84. The van der Waals surface area contributed by atoms with E-state index in [2.05, 4.69) is 10.3 Å². The number of nitrogen functional groups attached to an aromatic ring is 1. The summed E-state index contributed by atoms with van der Waals surface area (Å²) >= 11 is 0. The minimum absolute atomic E-state index is 0.0683. The van der Waals surface area contributed by atoms with Gasteiger partial charge in [-0.3, -0.25) is 9.69 Å². The summed E-state index contributed by atoms with van der Waals surface area (Å²) in [5.74, 6) is 0.326. The minimum Gasteiger partial charge on any atom is -0.383 e. The summed E-state index contributed by atoms with van der Waals surface area (Å²) < 4.78 is 44.1. The first-order valence-electron chi connectivity index (χ1n) is 11.4. The van der Waals surface area contributed by atoms with Gasteiger partial charge in [-0.1, -0.05) is 36.4 Å². The maximum Gasteiger partial charge on any atom is 0.401 e. The molecule has 0 aliphatic carbocycles. The van der Waals surface area contributed by atoms with Crippen molar-refractivity contribution in [2.45, 2.75) is 18.7 Å². The Morgan fingerprint density at radius 2 is 1.83 bits per heavy atom. The van der Waals surface area contributed by atoms with Crippen molar-refractivity contribution in [1.82, 2.24) is 15.2 Å². The lowest BCUT2D eigenvalue weighted by Crippen LogP contribution is -2.43. The van der Waals surface area contributed by atoms with Crippen LogP contribution in [0, 0.1) is 0 Å². The van der Waals surface area contributed by atoms with Gasteiger partial charge in [-0.15, -0.1) is 0 Å². The fourth-order valence-corrected chi connectivity index (χ4v) is 4.65. The van der Waals surface area contributed by atoms with Gasteiger partial charge in [-0.2, -0.15) is 13.2 Å². The van der Waals surface area contributed by atoms with Gasteiger partial charge in [-0.05, 0) is 40.8 Å². The van der Waals surface area contributed by atoms with Crippen LogP contribution in [0.3, 0.4) is 0 Å². The minimum atomic E-state index is -4.23. The number of nitrogens with zero attached hydrogens (tertiary/aromatic N) is 2. The molecule has 6 nitrogen and oxygen atoms in total. The maximum absolute atomic E-state index is 12.8. The number of hydrogen-bond acceptors (Lipinski definition) is 5. The van der Waals surface area contributed by atoms with E-state index in [1.165, 1.54) is 4.90 Å². The van der Waals surface area contributed by atoms with E-state index >= 15 is 0 Å². The van der Waals surface area contributed by atoms with E-state index in [1.54, 1.807) is 6.20 Å². The first-order valence-corrected chi connectivity index (χ1v) is 11.4. The van der Waals surface area contributed by atoms with E-state index in [4.69, 9.17) is 10.5 Å². The molecule has 3 aromatic rings. The molecule has 0 spiro atoms. The van der Waals surface area contributed by atoms with E-state index in [-0.39, 0.29) is 25.6 Å². The molecule has 2 aliphatic heterocycles. The van der Waals surface area contributed by atoms with Crippen molar-refractivity contribution in [3.63, 3.8) is 0 Å². The summed E-state index contributed by atoms with van der Waals surface area (Å²) in [5.41, 5.74) is 12.1. The summed E-state index contributed by atoms with van der Waals surface area (Å²) in [5, 5.41) is 2.84. The van der Waals surface area contributed by atoms with Crippen molar-refractivity contribution in [1.29, 1.82) is 0 Å². The number of carbonyl (C=O) groups excluding carboxylic acids is 1. The molecule has 9 heteroatoms. The van der Waals surface area contributed by atoms with Gasteiger partial charge in [0.25, 0.3) is 5.91 Å². The third-order valence-corrected chi connectivity index (χ3v) is 6.43. The number of benzene rings is 2. The molecule has 1 unspecified atom stereocenters. The van der Waals surface area contributed by atoms with E-state index in [9.17, 15) is 18.0 Å². The van der Waals surface area contributed by atoms with E-state index in [0.717, 1.165) is 39.8 Å². The van der Waals surface area contributed by atoms with Gasteiger partial charge < -0.3 is 15.8 Å². The Bertz CT molecular complexity index is 1240. The number of pyridine rings is 1. The Hall–Kier alpha value is -3.43. The zero-order chi connectivity index (χ0) is 24.6. The molecular formula is C26H25F3N4O2. The molecule has 1 fully saturated rings. The fraction of sp³-hybridized carbons (Fsp3) is 0.308. The average molecular weight is 483 g/mol.